The Morgan fingerprint density at radius 3 is 1.60 bits per heavy atom. The monoisotopic (exact) mass is 140 g/mol. The third-order valence-electron chi connectivity index (χ3n) is 0. The second kappa shape index (κ2) is 24.3. The summed E-state index contributed by atoms with van der Waals surface area (Å²) in [7, 11) is -0.833. The van der Waals surface area contributed by atoms with Crippen molar-refractivity contribution in [3.8, 4) is 0 Å². The van der Waals surface area contributed by atoms with E-state index in [9.17, 15) is 0 Å². The van der Waals surface area contributed by atoms with Crippen molar-refractivity contribution >= 4 is 8.69 Å². The van der Waals surface area contributed by atoms with Gasteiger partial charge in [0.1, 0.15) is 0 Å². The molecule has 36 valence electrons. The molecule has 0 aliphatic rings. The molecule has 0 atom stereocenters. The Morgan fingerprint density at radius 2 is 1.60 bits per heavy atom. The summed E-state index contributed by atoms with van der Waals surface area (Å²) in [4.78, 5) is 6.99. The molecular weight excluding hydrogens is 138 g/mol. The van der Waals surface area contributed by atoms with E-state index in [2.05, 4.69) is 0 Å². The maximum absolute atomic E-state index is 8.46. The summed E-state index contributed by atoms with van der Waals surface area (Å²) in [6.07, 6.45) is 0. The molecule has 0 rings (SSSR count). The van der Waals surface area contributed by atoms with Gasteiger partial charge < -0.3 is 10.4 Å². The van der Waals surface area contributed by atoms with Crippen LogP contribution in [-0.2, 0) is 21.1 Å². The SMILES string of the molecule is O.O=PO.[Ni]. The van der Waals surface area contributed by atoms with Crippen molar-refractivity contribution < 1.29 is 31.4 Å². The Bertz CT molecular complexity index is 14.4. The largest absolute Gasteiger partial charge is 0.412 e. The van der Waals surface area contributed by atoms with Gasteiger partial charge in [0, 0.05) is 16.5 Å². The van der Waals surface area contributed by atoms with Crippen LogP contribution in [-0.4, -0.2) is 10.4 Å². The van der Waals surface area contributed by atoms with Gasteiger partial charge >= 0.3 is 8.69 Å². The van der Waals surface area contributed by atoms with Crippen LogP contribution in [0.15, 0.2) is 0 Å². The fraction of sp³-hybridized carbons (Fsp3) is 0. The third-order valence-corrected chi connectivity index (χ3v) is 0. The fourth-order valence-electron chi connectivity index (χ4n) is 0. The fourth-order valence-corrected chi connectivity index (χ4v) is 0. The van der Waals surface area contributed by atoms with Crippen LogP contribution in [0.5, 0.6) is 0 Å². The zero-order valence-electron chi connectivity index (χ0n) is 2.12. The minimum absolute atomic E-state index is 0. The van der Waals surface area contributed by atoms with Crippen molar-refractivity contribution in [1.82, 2.24) is 0 Å². The van der Waals surface area contributed by atoms with Crippen LogP contribution in [0.2, 0.25) is 0 Å². The van der Waals surface area contributed by atoms with Crippen molar-refractivity contribution in [2.45, 2.75) is 0 Å². The first-order valence-electron chi connectivity index (χ1n) is 0.383. The van der Waals surface area contributed by atoms with Gasteiger partial charge in [-0.05, 0) is 0 Å². The van der Waals surface area contributed by atoms with Gasteiger partial charge in [0.15, 0.2) is 0 Å². The number of hydrogen-bond donors (Lipinski definition) is 1. The van der Waals surface area contributed by atoms with Gasteiger partial charge in [0.25, 0.3) is 0 Å². The molecule has 0 saturated carbocycles. The molecular formula is H3NiO3P. The summed E-state index contributed by atoms with van der Waals surface area (Å²) in [5, 5.41) is 0. The van der Waals surface area contributed by atoms with E-state index >= 15 is 0 Å². The van der Waals surface area contributed by atoms with Crippen LogP contribution in [0, 0.1) is 0 Å². The average Bonchev–Trinajstić information content (AvgIpc) is 0.918. The van der Waals surface area contributed by atoms with Crippen LogP contribution in [0.3, 0.4) is 0 Å². The molecule has 0 heterocycles. The van der Waals surface area contributed by atoms with Crippen molar-refractivity contribution in [1.29, 1.82) is 0 Å². The topological polar surface area (TPSA) is 68.8 Å². The standard InChI is InChI=1S/Ni.HO2P.H2O/c;1-3-2;/h;(H,1,2);1H2. The van der Waals surface area contributed by atoms with E-state index in [4.69, 9.17) is 9.46 Å². The molecule has 0 bridgehead atoms. The van der Waals surface area contributed by atoms with Gasteiger partial charge in [-0.2, -0.15) is 0 Å². The summed E-state index contributed by atoms with van der Waals surface area (Å²) in [6, 6.07) is 0. The molecule has 0 fully saturated rings. The van der Waals surface area contributed by atoms with E-state index in [1.54, 1.807) is 0 Å². The molecule has 0 radical (unpaired) electrons. The van der Waals surface area contributed by atoms with Gasteiger partial charge in [-0.15, -0.1) is 0 Å². The minimum Gasteiger partial charge on any atom is -0.412 e. The van der Waals surface area contributed by atoms with Crippen molar-refractivity contribution in [3.63, 3.8) is 0 Å². The van der Waals surface area contributed by atoms with Crippen LogP contribution >= 0.6 is 8.69 Å². The molecule has 5 heteroatoms. The summed E-state index contributed by atoms with van der Waals surface area (Å²) < 4.78 is 8.46. The molecule has 3 N–H and O–H groups in total. The molecule has 0 saturated heterocycles. The molecule has 0 aromatic heterocycles. The van der Waals surface area contributed by atoms with Crippen LogP contribution in [0.25, 0.3) is 0 Å². The Hall–Kier alpha value is 0.514. The van der Waals surface area contributed by atoms with Gasteiger partial charge in [0.05, 0.1) is 0 Å². The van der Waals surface area contributed by atoms with E-state index in [0.29, 0.717) is 0 Å². The quantitative estimate of drug-likeness (QED) is 0.359. The normalized spacial score (nSPS) is 4.20. The summed E-state index contributed by atoms with van der Waals surface area (Å²) in [5.41, 5.74) is 0. The third kappa shape index (κ3) is 108. The van der Waals surface area contributed by atoms with Gasteiger partial charge in [-0.3, -0.25) is 0 Å². The second-order valence-corrected chi connectivity index (χ2v) is 0.245. The van der Waals surface area contributed by atoms with E-state index in [1.165, 1.54) is 0 Å². The van der Waals surface area contributed by atoms with Crippen LogP contribution in [0.1, 0.15) is 0 Å². The van der Waals surface area contributed by atoms with Gasteiger partial charge in [0.2, 0.25) is 0 Å². The molecule has 0 aromatic carbocycles. The maximum Gasteiger partial charge on any atom is 0.324 e. The van der Waals surface area contributed by atoms with Crippen molar-refractivity contribution in [2.75, 3.05) is 0 Å². The van der Waals surface area contributed by atoms with Crippen molar-refractivity contribution in [2.24, 2.45) is 0 Å². The van der Waals surface area contributed by atoms with Crippen LogP contribution in [0.4, 0.5) is 0 Å². The predicted octanol–water partition coefficient (Wildman–Crippen LogP) is -0.642. The first kappa shape index (κ1) is 17.8. The molecule has 0 aromatic rings. The van der Waals surface area contributed by atoms with Crippen molar-refractivity contribution in [3.05, 3.63) is 0 Å². The van der Waals surface area contributed by atoms with Gasteiger partial charge in [-0.1, -0.05) is 0 Å². The van der Waals surface area contributed by atoms with E-state index in [0.717, 1.165) is 0 Å². The zero-order chi connectivity index (χ0) is 2.71. The Labute approximate surface area is 40.9 Å². The first-order chi connectivity index (χ1) is 1.41. The summed E-state index contributed by atoms with van der Waals surface area (Å²) in [6.45, 7) is 0. The Morgan fingerprint density at radius 1 is 1.60 bits per heavy atom. The van der Waals surface area contributed by atoms with Gasteiger partial charge in [-0.25, -0.2) is 4.57 Å². The van der Waals surface area contributed by atoms with E-state index in [-0.39, 0.29) is 22.0 Å². The number of hydrogen-bond acceptors (Lipinski definition) is 1. The van der Waals surface area contributed by atoms with Crippen LogP contribution < -0.4 is 0 Å². The Kier molecular flexibility index (Phi) is 86.5. The minimum atomic E-state index is -0.833. The first-order valence-corrected chi connectivity index (χ1v) is 1.15. The van der Waals surface area contributed by atoms with E-state index in [1.807, 2.05) is 0 Å². The Balaban J connectivity index is -0.0000000200. The second-order valence-electron chi connectivity index (χ2n) is 0.0816. The average molecular weight is 141 g/mol. The molecule has 0 aliphatic heterocycles. The molecule has 0 unspecified atom stereocenters. The molecule has 0 amide bonds. The summed E-state index contributed by atoms with van der Waals surface area (Å²) in [5.74, 6) is 0. The molecule has 0 aliphatic carbocycles. The summed E-state index contributed by atoms with van der Waals surface area (Å²) >= 11 is 0. The zero-order valence-corrected chi connectivity index (χ0v) is 4.00. The van der Waals surface area contributed by atoms with E-state index < -0.39 is 8.69 Å². The molecule has 0 spiro atoms. The smallest absolute Gasteiger partial charge is 0.324 e. The molecule has 3 nitrogen and oxygen atoms in total. The molecule has 5 heavy (non-hydrogen) atoms. The maximum atomic E-state index is 8.46. The predicted molar refractivity (Wildman–Crippen MR) is 13.4 cm³/mol. The number of rotatable bonds is 0.